The average Bonchev–Trinajstić information content (AvgIpc) is 3.54. The Morgan fingerprint density at radius 1 is 0.357 bits per heavy atom. The molecular weight excluding hydrogens is 683 g/mol. The molecule has 10 aromatic rings. The molecule has 0 N–H and O–H groups in total. The first-order valence-electron chi connectivity index (χ1n) is 19.3. The van der Waals surface area contributed by atoms with Crippen molar-refractivity contribution in [1.29, 1.82) is 0 Å². The highest BCUT2D eigenvalue weighted by Crippen LogP contribution is 2.54. The van der Waals surface area contributed by atoms with Gasteiger partial charge in [0.2, 0.25) is 0 Å². The van der Waals surface area contributed by atoms with Crippen LogP contribution in [0.2, 0.25) is 0 Å². The maximum absolute atomic E-state index is 5.23. The zero-order chi connectivity index (χ0) is 36.7. The zero-order valence-corrected chi connectivity index (χ0v) is 30.4. The zero-order valence-electron chi connectivity index (χ0n) is 30.4. The van der Waals surface area contributed by atoms with Crippen molar-refractivity contribution in [3.8, 4) is 22.5 Å². The van der Waals surface area contributed by atoms with E-state index in [0.29, 0.717) is 0 Å². The molecule has 1 fully saturated rings. The van der Waals surface area contributed by atoms with Gasteiger partial charge >= 0.3 is 0 Å². The van der Waals surface area contributed by atoms with Crippen molar-refractivity contribution in [1.82, 2.24) is 19.2 Å². The molecule has 0 saturated carbocycles. The summed E-state index contributed by atoms with van der Waals surface area (Å²) >= 11 is 0. The third-order valence-corrected chi connectivity index (χ3v) is 11.6. The second kappa shape index (κ2) is 12.2. The number of amidine groups is 1. The van der Waals surface area contributed by atoms with Crippen LogP contribution in [0.1, 0.15) is 29.0 Å². The first-order valence-corrected chi connectivity index (χ1v) is 19.3. The summed E-state index contributed by atoms with van der Waals surface area (Å²) in [6, 6.07) is 72.4. The topological polar surface area (TPSA) is 28.2 Å². The maximum atomic E-state index is 5.23. The smallest absolute Gasteiger partial charge is 0.150 e. The highest BCUT2D eigenvalue weighted by molar-refractivity contribution is 6.12. The van der Waals surface area contributed by atoms with Crippen LogP contribution in [0.3, 0.4) is 0 Å². The van der Waals surface area contributed by atoms with E-state index in [-0.39, 0.29) is 12.3 Å². The van der Waals surface area contributed by atoms with Crippen molar-refractivity contribution in [3.63, 3.8) is 0 Å². The summed E-state index contributed by atoms with van der Waals surface area (Å²) in [6.07, 6.45) is 0.0242. The molecule has 0 aliphatic carbocycles. The second-order valence-electron chi connectivity index (χ2n) is 14.8. The molecule has 4 heterocycles. The minimum Gasteiger partial charge on any atom is -0.309 e. The Kier molecular flexibility index (Phi) is 6.76. The van der Waals surface area contributed by atoms with Crippen molar-refractivity contribution in [2.24, 2.45) is 4.99 Å². The molecule has 0 radical (unpaired) electrons. The fraction of sp³-hybridized carbons (Fsp3) is 0.0392. The normalized spacial score (nSPS) is 17.5. The van der Waals surface area contributed by atoms with Gasteiger partial charge in [-0.15, -0.1) is 0 Å². The molecule has 0 spiro atoms. The van der Waals surface area contributed by atoms with Gasteiger partial charge in [-0.25, -0.2) is 4.99 Å². The van der Waals surface area contributed by atoms with E-state index in [2.05, 4.69) is 219 Å². The van der Waals surface area contributed by atoms with E-state index >= 15 is 0 Å². The number of hydrazine groups is 1. The summed E-state index contributed by atoms with van der Waals surface area (Å²) in [7, 11) is 0. The van der Waals surface area contributed by atoms with Crippen LogP contribution in [-0.2, 0) is 0 Å². The number of fused-ring (bicyclic) bond motifs is 7. The van der Waals surface area contributed by atoms with Crippen molar-refractivity contribution in [3.05, 3.63) is 217 Å². The van der Waals surface area contributed by atoms with Crippen LogP contribution in [0, 0.1) is 0 Å². The van der Waals surface area contributed by atoms with Gasteiger partial charge in [0.1, 0.15) is 18.2 Å². The number of para-hydroxylation sites is 3. The second-order valence-corrected chi connectivity index (χ2v) is 14.8. The predicted octanol–water partition coefficient (Wildman–Crippen LogP) is 12.2. The van der Waals surface area contributed by atoms with Gasteiger partial charge in [-0.2, -0.15) is 5.01 Å². The average molecular weight is 718 g/mol. The van der Waals surface area contributed by atoms with Crippen LogP contribution < -0.4 is 0 Å². The molecule has 8 aromatic carbocycles. The van der Waals surface area contributed by atoms with E-state index in [1.54, 1.807) is 0 Å². The summed E-state index contributed by atoms with van der Waals surface area (Å²) in [5.74, 6) is 1.02. The first kappa shape index (κ1) is 31.2. The van der Waals surface area contributed by atoms with E-state index in [1.807, 2.05) is 0 Å². The highest BCUT2D eigenvalue weighted by atomic mass is 15.9. The van der Waals surface area contributed by atoms with Gasteiger partial charge < -0.3 is 9.13 Å². The van der Waals surface area contributed by atoms with Crippen LogP contribution in [0.15, 0.2) is 205 Å². The molecule has 3 unspecified atom stereocenters. The highest BCUT2D eigenvalue weighted by Gasteiger charge is 2.57. The fourth-order valence-electron chi connectivity index (χ4n) is 9.10. The van der Waals surface area contributed by atoms with Gasteiger partial charge in [0.05, 0.1) is 22.1 Å². The van der Waals surface area contributed by atoms with Crippen LogP contribution in [0.25, 0.3) is 66.1 Å². The third-order valence-electron chi connectivity index (χ3n) is 11.6. The van der Waals surface area contributed by atoms with Crippen LogP contribution >= 0.6 is 0 Å². The van der Waals surface area contributed by atoms with Gasteiger partial charge in [0.25, 0.3) is 0 Å². The lowest BCUT2D eigenvalue weighted by Crippen LogP contribution is -2.11. The number of hydrogen-bond donors (Lipinski definition) is 0. The minimum absolute atomic E-state index is 0.0687. The summed E-state index contributed by atoms with van der Waals surface area (Å²) in [5, 5.41) is 9.77. The number of aliphatic imine (C=N–C) groups is 1. The lowest BCUT2D eigenvalue weighted by Gasteiger charge is -2.13. The van der Waals surface area contributed by atoms with Gasteiger partial charge in [-0.05, 0) is 82.9 Å². The molecule has 12 rings (SSSR count). The number of hydrogen-bond acceptors (Lipinski definition) is 3. The Balaban J connectivity index is 0.958. The van der Waals surface area contributed by atoms with Gasteiger partial charge in [-0.3, -0.25) is 5.01 Å². The van der Waals surface area contributed by atoms with Crippen molar-refractivity contribution in [2.45, 2.75) is 12.3 Å². The molecule has 0 amide bonds. The number of rotatable bonds is 6. The van der Waals surface area contributed by atoms with E-state index < -0.39 is 0 Å². The number of nitrogens with zero attached hydrogens (tertiary/aromatic N) is 5. The lowest BCUT2D eigenvalue weighted by atomic mass is 10.0. The monoisotopic (exact) mass is 717 g/mol. The summed E-state index contributed by atoms with van der Waals surface area (Å²) in [4.78, 5) is 5.23. The standard InChI is InChI=1S/C51H35N5/c1-4-15-34(16-5-1)49-52-50(35-17-6-2-7-18-35)56-51(55(49)56)38-19-14-22-40(31-38)54-46-26-13-11-24-42(46)44-33-37(28-30-48(44)54)36-27-29-47-43(32-36)41-23-10-12-25-45(41)53(47)39-20-8-3-9-21-39/h1-33,49,51H. The Labute approximate surface area is 324 Å². The van der Waals surface area contributed by atoms with E-state index in [1.165, 1.54) is 71.6 Å². The Bertz CT molecular complexity index is 3160. The largest absolute Gasteiger partial charge is 0.309 e. The molecule has 2 aromatic heterocycles. The third kappa shape index (κ3) is 4.68. The Morgan fingerprint density at radius 3 is 1.50 bits per heavy atom. The quantitative estimate of drug-likeness (QED) is 0.160. The summed E-state index contributed by atoms with van der Waals surface area (Å²) in [6.45, 7) is 0. The minimum atomic E-state index is -0.0687. The fourth-order valence-corrected chi connectivity index (χ4v) is 9.10. The van der Waals surface area contributed by atoms with E-state index in [9.17, 15) is 0 Å². The van der Waals surface area contributed by atoms with Gasteiger partial charge in [0.15, 0.2) is 0 Å². The van der Waals surface area contributed by atoms with Crippen LogP contribution in [0.5, 0.6) is 0 Å². The molecule has 264 valence electrons. The molecule has 2 aliphatic heterocycles. The first-order chi connectivity index (χ1) is 27.8. The Hall–Kier alpha value is -7.21. The molecule has 1 saturated heterocycles. The Morgan fingerprint density at radius 2 is 0.857 bits per heavy atom. The summed E-state index contributed by atoms with van der Waals surface area (Å²) in [5.41, 5.74) is 13.1. The number of aromatic nitrogens is 2. The molecule has 0 bridgehead atoms. The van der Waals surface area contributed by atoms with Crippen molar-refractivity contribution in [2.75, 3.05) is 0 Å². The molecule has 2 aliphatic rings. The molecule has 5 nitrogen and oxygen atoms in total. The molecule has 5 heteroatoms. The van der Waals surface area contributed by atoms with Crippen LogP contribution in [0.4, 0.5) is 0 Å². The summed E-state index contributed by atoms with van der Waals surface area (Å²) < 4.78 is 4.80. The molecule has 56 heavy (non-hydrogen) atoms. The van der Waals surface area contributed by atoms with Crippen LogP contribution in [-0.4, -0.2) is 25.0 Å². The molecular formula is C51H35N5. The molecule has 3 atom stereocenters. The van der Waals surface area contributed by atoms with Gasteiger partial charge in [0, 0.05) is 38.5 Å². The van der Waals surface area contributed by atoms with E-state index in [4.69, 9.17) is 4.99 Å². The lowest BCUT2D eigenvalue weighted by molar-refractivity contribution is 0.341. The number of benzene rings is 8. The predicted molar refractivity (Wildman–Crippen MR) is 229 cm³/mol. The maximum Gasteiger partial charge on any atom is 0.150 e. The van der Waals surface area contributed by atoms with E-state index in [0.717, 1.165) is 17.1 Å². The van der Waals surface area contributed by atoms with Crippen molar-refractivity contribution < 1.29 is 0 Å². The van der Waals surface area contributed by atoms with Crippen molar-refractivity contribution >= 4 is 49.4 Å². The van der Waals surface area contributed by atoms with Gasteiger partial charge in [-0.1, -0.05) is 140 Å². The SMILES string of the molecule is c1ccc(C2=NC(c3ccccc3)N3C(c4cccc(-n5c6ccccc6c6cc(-c7ccc8c(c7)c7ccccc7n8-c7ccccc7)ccc65)c4)N23)cc1.